The molecule has 0 unspecified atom stereocenters. The van der Waals surface area contributed by atoms with Crippen molar-refractivity contribution in [3.8, 4) is 0 Å². The summed E-state index contributed by atoms with van der Waals surface area (Å²) in [7, 11) is 0. The lowest BCUT2D eigenvalue weighted by molar-refractivity contribution is -0.142. The monoisotopic (exact) mass is 156 g/mol. The standard InChI is InChI=1S/C7H8O2S/c1-6(8)9-5-7-3-2-4-10-7/h2-4H,5H2,1H3. The molecule has 0 radical (unpaired) electrons. The predicted octanol–water partition coefficient (Wildman–Crippen LogP) is 1.81. The zero-order chi connectivity index (χ0) is 7.40. The molecule has 0 saturated heterocycles. The molecule has 0 amide bonds. The van der Waals surface area contributed by atoms with Gasteiger partial charge in [-0.05, 0) is 11.4 Å². The summed E-state index contributed by atoms with van der Waals surface area (Å²) in [6, 6.07) is 3.87. The van der Waals surface area contributed by atoms with Crippen molar-refractivity contribution in [1.82, 2.24) is 0 Å². The van der Waals surface area contributed by atoms with E-state index in [1.807, 2.05) is 17.5 Å². The van der Waals surface area contributed by atoms with Crippen molar-refractivity contribution in [2.75, 3.05) is 0 Å². The average molecular weight is 156 g/mol. The van der Waals surface area contributed by atoms with Gasteiger partial charge in [-0.15, -0.1) is 11.3 Å². The minimum absolute atomic E-state index is 0.228. The highest BCUT2D eigenvalue weighted by molar-refractivity contribution is 7.09. The van der Waals surface area contributed by atoms with Gasteiger partial charge in [-0.3, -0.25) is 4.79 Å². The van der Waals surface area contributed by atoms with E-state index < -0.39 is 0 Å². The van der Waals surface area contributed by atoms with Crippen LogP contribution in [0.2, 0.25) is 0 Å². The zero-order valence-electron chi connectivity index (χ0n) is 5.66. The quantitative estimate of drug-likeness (QED) is 0.610. The van der Waals surface area contributed by atoms with Crippen LogP contribution in [-0.2, 0) is 16.1 Å². The van der Waals surface area contributed by atoms with Crippen LogP contribution in [0, 0.1) is 0 Å². The minimum atomic E-state index is -0.228. The molecule has 1 aromatic heterocycles. The van der Waals surface area contributed by atoms with E-state index in [9.17, 15) is 4.79 Å². The molecule has 10 heavy (non-hydrogen) atoms. The number of ether oxygens (including phenoxy) is 1. The molecule has 1 heterocycles. The molecule has 0 atom stereocenters. The number of hydrogen-bond donors (Lipinski definition) is 0. The van der Waals surface area contributed by atoms with Crippen LogP contribution in [-0.4, -0.2) is 5.97 Å². The van der Waals surface area contributed by atoms with Crippen molar-refractivity contribution >= 4 is 17.3 Å². The van der Waals surface area contributed by atoms with Gasteiger partial charge in [-0.2, -0.15) is 0 Å². The molecule has 0 aliphatic heterocycles. The Labute approximate surface area is 63.4 Å². The molecule has 0 bridgehead atoms. The van der Waals surface area contributed by atoms with E-state index >= 15 is 0 Å². The Morgan fingerprint density at radius 2 is 2.60 bits per heavy atom. The summed E-state index contributed by atoms with van der Waals surface area (Å²) in [6.45, 7) is 1.82. The third-order valence-electron chi connectivity index (χ3n) is 0.998. The fraction of sp³-hybridized carbons (Fsp3) is 0.286. The molecule has 0 fully saturated rings. The highest BCUT2D eigenvalue weighted by Gasteiger charge is 1.94. The van der Waals surface area contributed by atoms with Gasteiger partial charge in [0.15, 0.2) is 0 Å². The molecule has 1 aromatic rings. The molecule has 0 N–H and O–H groups in total. The lowest BCUT2D eigenvalue weighted by Crippen LogP contribution is -1.96. The van der Waals surface area contributed by atoms with Crippen LogP contribution in [0.25, 0.3) is 0 Å². The van der Waals surface area contributed by atoms with Crippen molar-refractivity contribution in [3.05, 3.63) is 22.4 Å². The third kappa shape index (κ3) is 2.19. The van der Waals surface area contributed by atoms with Gasteiger partial charge in [0.2, 0.25) is 0 Å². The number of esters is 1. The summed E-state index contributed by atoms with van der Waals surface area (Å²) >= 11 is 1.59. The Bertz CT molecular complexity index is 203. The molecule has 0 saturated carbocycles. The molecule has 0 spiro atoms. The van der Waals surface area contributed by atoms with Crippen LogP contribution < -0.4 is 0 Å². The number of carbonyl (C=O) groups excluding carboxylic acids is 1. The smallest absolute Gasteiger partial charge is 0.302 e. The molecule has 0 aromatic carbocycles. The number of hydrogen-bond acceptors (Lipinski definition) is 3. The first-order valence-corrected chi connectivity index (χ1v) is 3.83. The van der Waals surface area contributed by atoms with E-state index in [0.29, 0.717) is 6.61 Å². The third-order valence-corrected chi connectivity index (χ3v) is 1.85. The fourth-order valence-corrected chi connectivity index (χ4v) is 1.18. The van der Waals surface area contributed by atoms with Gasteiger partial charge in [0.1, 0.15) is 6.61 Å². The van der Waals surface area contributed by atoms with E-state index in [2.05, 4.69) is 0 Å². The first-order valence-electron chi connectivity index (χ1n) is 2.95. The Kier molecular flexibility index (Phi) is 2.45. The highest BCUT2D eigenvalue weighted by Crippen LogP contribution is 2.09. The van der Waals surface area contributed by atoms with Crippen LogP contribution >= 0.6 is 11.3 Å². The van der Waals surface area contributed by atoms with Crippen LogP contribution in [0.3, 0.4) is 0 Å². The van der Waals surface area contributed by atoms with Crippen LogP contribution in [0.15, 0.2) is 17.5 Å². The maximum absolute atomic E-state index is 10.3. The van der Waals surface area contributed by atoms with E-state index in [-0.39, 0.29) is 5.97 Å². The van der Waals surface area contributed by atoms with Gasteiger partial charge in [0.05, 0.1) is 0 Å². The van der Waals surface area contributed by atoms with Crippen molar-refractivity contribution in [2.24, 2.45) is 0 Å². The summed E-state index contributed by atoms with van der Waals surface area (Å²) < 4.78 is 4.76. The van der Waals surface area contributed by atoms with Gasteiger partial charge < -0.3 is 4.74 Å². The first kappa shape index (κ1) is 7.28. The molecular weight excluding hydrogens is 148 g/mol. The lowest BCUT2D eigenvalue weighted by atomic mass is 10.5. The van der Waals surface area contributed by atoms with E-state index in [4.69, 9.17) is 4.74 Å². The second kappa shape index (κ2) is 3.37. The van der Waals surface area contributed by atoms with Gasteiger partial charge in [-0.25, -0.2) is 0 Å². The van der Waals surface area contributed by atoms with Crippen LogP contribution in [0.5, 0.6) is 0 Å². The van der Waals surface area contributed by atoms with Crippen LogP contribution in [0.1, 0.15) is 11.8 Å². The largest absolute Gasteiger partial charge is 0.460 e. The van der Waals surface area contributed by atoms with Gasteiger partial charge in [0, 0.05) is 11.8 Å². The van der Waals surface area contributed by atoms with Gasteiger partial charge in [-0.1, -0.05) is 6.07 Å². The number of thiophene rings is 1. The molecule has 0 aliphatic carbocycles. The molecule has 54 valence electrons. The fourth-order valence-electron chi connectivity index (χ4n) is 0.567. The number of carbonyl (C=O) groups is 1. The highest BCUT2D eigenvalue weighted by atomic mass is 32.1. The van der Waals surface area contributed by atoms with Gasteiger partial charge in [0.25, 0.3) is 0 Å². The minimum Gasteiger partial charge on any atom is -0.460 e. The van der Waals surface area contributed by atoms with Crippen molar-refractivity contribution in [1.29, 1.82) is 0 Å². The van der Waals surface area contributed by atoms with E-state index in [1.165, 1.54) is 6.92 Å². The lowest BCUT2D eigenvalue weighted by Gasteiger charge is -1.96. The molecule has 0 aliphatic rings. The maximum Gasteiger partial charge on any atom is 0.302 e. The SMILES string of the molecule is CC(=O)OCc1cccs1. The Morgan fingerprint density at radius 1 is 1.80 bits per heavy atom. The first-order chi connectivity index (χ1) is 4.79. The summed E-state index contributed by atoms with van der Waals surface area (Å²) in [5.74, 6) is -0.228. The zero-order valence-corrected chi connectivity index (χ0v) is 6.48. The van der Waals surface area contributed by atoms with Crippen molar-refractivity contribution in [3.63, 3.8) is 0 Å². The van der Waals surface area contributed by atoms with E-state index in [1.54, 1.807) is 11.3 Å². The predicted molar refractivity (Wildman–Crippen MR) is 39.8 cm³/mol. The summed E-state index contributed by atoms with van der Waals surface area (Å²) in [5.41, 5.74) is 0. The average Bonchev–Trinajstić information content (AvgIpc) is 2.34. The molecule has 1 rings (SSSR count). The molecule has 3 heteroatoms. The van der Waals surface area contributed by atoms with E-state index in [0.717, 1.165) is 4.88 Å². The Balaban J connectivity index is 2.35. The summed E-state index contributed by atoms with van der Waals surface area (Å²) in [4.78, 5) is 11.4. The second-order valence-electron chi connectivity index (χ2n) is 1.86. The van der Waals surface area contributed by atoms with Crippen molar-refractivity contribution < 1.29 is 9.53 Å². The summed E-state index contributed by atoms with van der Waals surface area (Å²) in [6.07, 6.45) is 0. The van der Waals surface area contributed by atoms with Gasteiger partial charge >= 0.3 is 5.97 Å². The maximum atomic E-state index is 10.3. The molecule has 2 nitrogen and oxygen atoms in total. The van der Waals surface area contributed by atoms with Crippen LogP contribution in [0.4, 0.5) is 0 Å². The topological polar surface area (TPSA) is 26.3 Å². The number of rotatable bonds is 2. The summed E-state index contributed by atoms with van der Waals surface area (Å²) in [5, 5.41) is 1.96. The Hall–Kier alpha value is -0.830. The normalized spacial score (nSPS) is 9.30. The van der Waals surface area contributed by atoms with Crippen molar-refractivity contribution in [2.45, 2.75) is 13.5 Å². The Morgan fingerprint density at radius 3 is 3.10 bits per heavy atom. The second-order valence-corrected chi connectivity index (χ2v) is 2.89. The molecular formula is C7H8O2S.